The van der Waals surface area contributed by atoms with Crippen LogP contribution in [0.2, 0.25) is 0 Å². The van der Waals surface area contributed by atoms with Crippen LogP contribution in [0, 0.1) is 12.7 Å². The molecule has 3 N–H and O–H groups in total. The Balaban J connectivity index is 2.26. The van der Waals surface area contributed by atoms with Crippen molar-refractivity contribution in [3.8, 4) is 0 Å². The normalized spacial score (nSPS) is 10.1. The van der Waals surface area contributed by atoms with Crippen LogP contribution < -0.4 is 11.1 Å². The van der Waals surface area contributed by atoms with Gasteiger partial charge in [0.15, 0.2) is 0 Å². The monoisotopic (exact) mass is 216 g/mol. The van der Waals surface area contributed by atoms with Crippen LogP contribution in [-0.2, 0) is 0 Å². The van der Waals surface area contributed by atoms with Crippen LogP contribution in [0.15, 0.2) is 42.5 Å². The lowest BCUT2D eigenvalue weighted by molar-refractivity contribution is 0.628. The molecule has 16 heavy (non-hydrogen) atoms. The molecule has 0 aliphatic rings. The molecule has 0 fully saturated rings. The van der Waals surface area contributed by atoms with Crippen molar-refractivity contribution in [3.05, 3.63) is 53.8 Å². The predicted molar refractivity (Wildman–Crippen MR) is 65.3 cm³/mol. The summed E-state index contributed by atoms with van der Waals surface area (Å²) in [7, 11) is 0. The van der Waals surface area contributed by atoms with Crippen molar-refractivity contribution in [2.75, 3.05) is 11.1 Å². The number of nitrogens with two attached hydrogens (primary N) is 1. The van der Waals surface area contributed by atoms with Crippen LogP contribution >= 0.6 is 0 Å². The smallest absolute Gasteiger partial charge is 0.123 e. The predicted octanol–water partition coefficient (Wildman–Crippen LogP) is 3.46. The molecule has 2 aromatic rings. The van der Waals surface area contributed by atoms with E-state index < -0.39 is 0 Å². The Kier molecular flexibility index (Phi) is 2.77. The molecule has 0 spiro atoms. The Morgan fingerprint density at radius 2 is 1.75 bits per heavy atom. The van der Waals surface area contributed by atoms with Crippen LogP contribution in [-0.4, -0.2) is 0 Å². The van der Waals surface area contributed by atoms with Crippen molar-refractivity contribution in [1.29, 1.82) is 0 Å². The molecule has 0 aliphatic heterocycles. The molecular formula is C13H13FN2. The minimum Gasteiger partial charge on any atom is -0.399 e. The lowest BCUT2D eigenvalue weighted by Crippen LogP contribution is -1.95. The Labute approximate surface area is 93.9 Å². The highest BCUT2D eigenvalue weighted by atomic mass is 19.1. The van der Waals surface area contributed by atoms with Gasteiger partial charge in [-0.05, 0) is 48.9 Å². The fraction of sp³-hybridized carbons (Fsp3) is 0.0769. The molecule has 0 heterocycles. The van der Waals surface area contributed by atoms with Gasteiger partial charge >= 0.3 is 0 Å². The summed E-state index contributed by atoms with van der Waals surface area (Å²) in [6, 6.07) is 11.9. The first kappa shape index (κ1) is 10.5. The summed E-state index contributed by atoms with van der Waals surface area (Å²) in [4.78, 5) is 0. The molecule has 3 heteroatoms. The summed E-state index contributed by atoms with van der Waals surface area (Å²) < 4.78 is 12.7. The fourth-order valence-electron chi connectivity index (χ4n) is 1.46. The zero-order valence-corrected chi connectivity index (χ0v) is 9.00. The molecule has 0 saturated heterocycles. The van der Waals surface area contributed by atoms with Crippen LogP contribution in [0.1, 0.15) is 5.56 Å². The molecule has 0 aliphatic carbocycles. The molecular weight excluding hydrogens is 203 g/mol. The van der Waals surface area contributed by atoms with E-state index in [0.717, 1.165) is 16.9 Å². The summed E-state index contributed by atoms with van der Waals surface area (Å²) in [5.41, 5.74) is 9.28. The third-order valence-electron chi connectivity index (χ3n) is 2.38. The van der Waals surface area contributed by atoms with Crippen molar-refractivity contribution in [2.45, 2.75) is 6.92 Å². The highest BCUT2D eigenvalue weighted by Gasteiger charge is 1.99. The van der Waals surface area contributed by atoms with Gasteiger partial charge in [0, 0.05) is 17.1 Å². The number of nitrogen functional groups attached to an aromatic ring is 1. The highest BCUT2D eigenvalue weighted by molar-refractivity contribution is 5.66. The standard InChI is InChI=1S/C13H13FN2/c1-9-2-5-11(15)8-13(9)16-12-6-3-10(14)4-7-12/h2-8,16H,15H2,1H3. The van der Waals surface area contributed by atoms with E-state index >= 15 is 0 Å². The van der Waals surface area contributed by atoms with Crippen LogP contribution in [0.3, 0.4) is 0 Å². The highest BCUT2D eigenvalue weighted by Crippen LogP contribution is 2.22. The summed E-state index contributed by atoms with van der Waals surface area (Å²) in [5.74, 6) is -0.241. The van der Waals surface area contributed by atoms with Gasteiger partial charge in [-0.3, -0.25) is 0 Å². The van der Waals surface area contributed by atoms with Gasteiger partial charge in [-0.15, -0.1) is 0 Å². The summed E-state index contributed by atoms with van der Waals surface area (Å²) >= 11 is 0. The van der Waals surface area contributed by atoms with Crippen molar-refractivity contribution in [1.82, 2.24) is 0 Å². The molecule has 0 bridgehead atoms. The molecule has 0 aromatic heterocycles. The van der Waals surface area contributed by atoms with Crippen LogP contribution in [0.25, 0.3) is 0 Å². The minimum atomic E-state index is -0.241. The maximum absolute atomic E-state index is 12.7. The zero-order valence-electron chi connectivity index (χ0n) is 9.00. The second-order valence-electron chi connectivity index (χ2n) is 3.71. The average Bonchev–Trinajstić information content (AvgIpc) is 2.27. The summed E-state index contributed by atoms with van der Waals surface area (Å²) in [6.07, 6.45) is 0. The van der Waals surface area contributed by atoms with Crippen molar-refractivity contribution >= 4 is 17.1 Å². The van der Waals surface area contributed by atoms with E-state index in [1.54, 1.807) is 12.1 Å². The molecule has 2 rings (SSSR count). The lowest BCUT2D eigenvalue weighted by Gasteiger charge is -2.10. The maximum Gasteiger partial charge on any atom is 0.123 e. The van der Waals surface area contributed by atoms with E-state index in [1.165, 1.54) is 12.1 Å². The third kappa shape index (κ3) is 2.31. The largest absolute Gasteiger partial charge is 0.399 e. The van der Waals surface area contributed by atoms with Crippen molar-refractivity contribution in [3.63, 3.8) is 0 Å². The van der Waals surface area contributed by atoms with Gasteiger partial charge in [-0.25, -0.2) is 4.39 Å². The summed E-state index contributed by atoms with van der Waals surface area (Å²) in [5, 5.41) is 3.19. The first-order valence-corrected chi connectivity index (χ1v) is 5.04. The van der Waals surface area contributed by atoms with E-state index in [9.17, 15) is 4.39 Å². The van der Waals surface area contributed by atoms with Gasteiger partial charge in [0.25, 0.3) is 0 Å². The van der Waals surface area contributed by atoms with Crippen LogP contribution in [0.5, 0.6) is 0 Å². The van der Waals surface area contributed by atoms with Gasteiger partial charge < -0.3 is 11.1 Å². The number of halogens is 1. The Morgan fingerprint density at radius 1 is 1.06 bits per heavy atom. The topological polar surface area (TPSA) is 38.0 Å². The zero-order chi connectivity index (χ0) is 11.5. The van der Waals surface area contributed by atoms with Crippen molar-refractivity contribution in [2.24, 2.45) is 0 Å². The Bertz CT molecular complexity index is 492. The average molecular weight is 216 g/mol. The number of rotatable bonds is 2. The quantitative estimate of drug-likeness (QED) is 0.754. The molecule has 2 nitrogen and oxygen atoms in total. The third-order valence-corrected chi connectivity index (χ3v) is 2.38. The van der Waals surface area contributed by atoms with Gasteiger partial charge in [-0.2, -0.15) is 0 Å². The number of aryl methyl sites for hydroxylation is 1. The number of benzene rings is 2. The van der Waals surface area contributed by atoms with E-state index in [1.807, 2.05) is 25.1 Å². The Morgan fingerprint density at radius 3 is 2.44 bits per heavy atom. The fourth-order valence-corrected chi connectivity index (χ4v) is 1.46. The van der Waals surface area contributed by atoms with Crippen LogP contribution in [0.4, 0.5) is 21.5 Å². The van der Waals surface area contributed by atoms with E-state index in [-0.39, 0.29) is 5.82 Å². The molecule has 0 amide bonds. The maximum atomic E-state index is 12.7. The van der Waals surface area contributed by atoms with Crippen molar-refractivity contribution < 1.29 is 4.39 Å². The molecule has 0 saturated carbocycles. The second-order valence-corrected chi connectivity index (χ2v) is 3.71. The Hall–Kier alpha value is -2.03. The molecule has 0 atom stereocenters. The molecule has 2 aromatic carbocycles. The van der Waals surface area contributed by atoms with Gasteiger partial charge in [0.1, 0.15) is 5.82 Å². The SMILES string of the molecule is Cc1ccc(N)cc1Nc1ccc(F)cc1. The molecule has 82 valence electrons. The van der Waals surface area contributed by atoms with Gasteiger partial charge in [0.2, 0.25) is 0 Å². The number of nitrogens with one attached hydrogen (secondary N) is 1. The van der Waals surface area contributed by atoms with E-state index in [2.05, 4.69) is 5.32 Å². The number of hydrogen-bond acceptors (Lipinski definition) is 2. The molecule has 0 radical (unpaired) electrons. The van der Waals surface area contributed by atoms with E-state index in [0.29, 0.717) is 5.69 Å². The number of anilines is 3. The van der Waals surface area contributed by atoms with E-state index in [4.69, 9.17) is 5.73 Å². The summed E-state index contributed by atoms with van der Waals surface area (Å²) in [6.45, 7) is 1.99. The lowest BCUT2D eigenvalue weighted by atomic mass is 10.1. The first-order valence-electron chi connectivity index (χ1n) is 5.04. The molecule has 0 unspecified atom stereocenters. The van der Waals surface area contributed by atoms with Gasteiger partial charge in [0.05, 0.1) is 0 Å². The first-order chi connectivity index (χ1) is 7.65. The minimum absolute atomic E-state index is 0.241. The number of hydrogen-bond donors (Lipinski definition) is 2. The van der Waals surface area contributed by atoms with Gasteiger partial charge in [-0.1, -0.05) is 6.07 Å². The second kappa shape index (κ2) is 4.23.